The van der Waals surface area contributed by atoms with Crippen molar-refractivity contribution in [2.75, 3.05) is 32.9 Å². The van der Waals surface area contributed by atoms with Crippen molar-refractivity contribution in [3.63, 3.8) is 0 Å². The molecule has 1 aromatic carbocycles. The number of amides is 1. The largest absolute Gasteiger partial charge is 0.396 e. The van der Waals surface area contributed by atoms with Crippen LogP contribution < -0.4 is 0 Å². The number of piperidine rings is 1. The summed E-state index contributed by atoms with van der Waals surface area (Å²) in [6.07, 6.45) is 2.81. The maximum atomic E-state index is 12.0. The van der Waals surface area contributed by atoms with Crippen LogP contribution in [-0.2, 0) is 16.0 Å². The standard InChI is InChI=1S/C16H23NO3/c18-12-15-7-4-9-17(11-15)16(19)13-20-10-8-14-5-2-1-3-6-14/h1-3,5-6,15,18H,4,7-13H2. The van der Waals surface area contributed by atoms with E-state index < -0.39 is 0 Å². The highest BCUT2D eigenvalue weighted by atomic mass is 16.5. The Labute approximate surface area is 120 Å². The predicted octanol–water partition coefficient (Wildman–Crippen LogP) is 1.48. The van der Waals surface area contributed by atoms with Crippen LogP contribution in [0.15, 0.2) is 30.3 Å². The molecular formula is C16H23NO3. The van der Waals surface area contributed by atoms with Gasteiger partial charge < -0.3 is 14.7 Å². The van der Waals surface area contributed by atoms with Gasteiger partial charge in [0.25, 0.3) is 0 Å². The van der Waals surface area contributed by atoms with E-state index in [9.17, 15) is 4.79 Å². The van der Waals surface area contributed by atoms with E-state index in [4.69, 9.17) is 9.84 Å². The molecule has 4 nitrogen and oxygen atoms in total. The van der Waals surface area contributed by atoms with Crippen molar-refractivity contribution in [3.8, 4) is 0 Å². The number of nitrogens with zero attached hydrogens (tertiary/aromatic N) is 1. The second-order valence-electron chi connectivity index (χ2n) is 5.32. The Bertz CT molecular complexity index is 407. The number of rotatable bonds is 6. The van der Waals surface area contributed by atoms with Crippen LogP contribution in [-0.4, -0.2) is 48.8 Å². The number of ether oxygens (including phenoxy) is 1. The number of carbonyl (C=O) groups is 1. The Balaban J connectivity index is 1.65. The number of hydrogen-bond acceptors (Lipinski definition) is 3. The van der Waals surface area contributed by atoms with Gasteiger partial charge in [0.15, 0.2) is 0 Å². The van der Waals surface area contributed by atoms with E-state index in [0.717, 1.165) is 25.8 Å². The lowest BCUT2D eigenvalue weighted by Crippen LogP contribution is -2.42. The monoisotopic (exact) mass is 277 g/mol. The van der Waals surface area contributed by atoms with E-state index in [1.807, 2.05) is 23.1 Å². The molecule has 1 aliphatic heterocycles. The van der Waals surface area contributed by atoms with Crippen molar-refractivity contribution >= 4 is 5.91 Å². The van der Waals surface area contributed by atoms with E-state index in [-0.39, 0.29) is 25.0 Å². The molecule has 110 valence electrons. The Morgan fingerprint density at radius 2 is 2.15 bits per heavy atom. The fourth-order valence-corrected chi connectivity index (χ4v) is 2.53. The molecule has 4 heteroatoms. The van der Waals surface area contributed by atoms with E-state index in [0.29, 0.717) is 13.2 Å². The maximum Gasteiger partial charge on any atom is 0.248 e. The number of carbonyl (C=O) groups excluding carboxylic acids is 1. The molecule has 1 aromatic rings. The van der Waals surface area contributed by atoms with E-state index in [1.54, 1.807) is 0 Å². The third kappa shape index (κ3) is 4.62. The van der Waals surface area contributed by atoms with Gasteiger partial charge in [-0.2, -0.15) is 0 Å². The third-order valence-electron chi connectivity index (χ3n) is 3.73. The minimum atomic E-state index is 0.0382. The van der Waals surface area contributed by atoms with Gasteiger partial charge in [-0.25, -0.2) is 0 Å². The summed E-state index contributed by atoms with van der Waals surface area (Å²) in [7, 11) is 0. The topological polar surface area (TPSA) is 49.8 Å². The normalized spacial score (nSPS) is 19.1. The second kappa shape index (κ2) is 8.02. The van der Waals surface area contributed by atoms with E-state index >= 15 is 0 Å². The molecule has 1 amide bonds. The molecule has 1 heterocycles. The lowest BCUT2D eigenvalue weighted by molar-refractivity contribution is -0.138. The summed E-state index contributed by atoms with van der Waals surface area (Å²) in [5, 5.41) is 9.16. The Morgan fingerprint density at radius 3 is 2.90 bits per heavy atom. The van der Waals surface area contributed by atoms with Gasteiger partial charge in [-0.1, -0.05) is 30.3 Å². The molecule has 2 rings (SSSR count). The predicted molar refractivity (Wildman–Crippen MR) is 77.4 cm³/mol. The molecule has 1 atom stereocenters. The number of benzene rings is 1. The van der Waals surface area contributed by atoms with Crippen LogP contribution in [0.1, 0.15) is 18.4 Å². The van der Waals surface area contributed by atoms with Crippen molar-refractivity contribution in [3.05, 3.63) is 35.9 Å². The average molecular weight is 277 g/mol. The molecule has 0 aliphatic carbocycles. The van der Waals surface area contributed by atoms with Crippen LogP contribution >= 0.6 is 0 Å². The summed E-state index contributed by atoms with van der Waals surface area (Å²) in [6.45, 7) is 2.32. The summed E-state index contributed by atoms with van der Waals surface area (Å²) in [4.78, 5) is 13.8. The van der Waals surface area contributed by atoms with Crippen molar-refractivity contribution in [1.82, 2.24) is 4.90 Å². The fraction of sp³-hybridized carbons (Fsp3) is 0.562. The first kappa shape index (κ1) is 15.0. The molecule has 1 unspecified atom stereocenters. The SMILES string of the molecule is O=C(COCCc1ccccc1)N1CCCC(CO)C1. The van der Waals surface area contributed by atoms with Crippen LogP contribution in [0.5, 0.6) is 0 Å². The highest BCUT2D eigenvalue weighted by Gasteiger charge is 2.22. The number of aliphatic hydroxyl groups is 1. The van der Waals surface area contributed by atoms with Gasteiger partial charge in [-0.15, -0.1) is 0 Å². The Morgan fingerprint density at radius 1 is 1.35 bits per heavy atom. The minimum absolute atomic E-state index is 0.0382. The molecule has 1 N–H and O–H groups in total. The Hall–Kier alpha value is -1.39. The number of aliphatic hydroxyl groups excluding tert-OH is 1. The first-order valence-corrected chi connectivity index (χ1v) is 7.30. The lowest BCUT2D eigenvalue weighted by Gasteiger charge is -2.31. The molecule has 0 aromatic heterocycles. The van der Waals surface area contributed by atoms with E-state index in [2.05, 4.69) is 12.1 Å². The summed E-state index contributed by atoms with van der Waals surface area (Å²) < 4.78 is 5.47. The molecule has 1 saturated heterocycles. The van der Waals surface area contributed by atoms with Crippen LogP contribution in [0.3, 0.4) is 0 Å². The van der Waals surface area contributed by atoms with Crippen molar-refractivity contribution in [2.24, 2.45) is 5.92 Å². The maximum absolute atomic E-state index is 12.0. The van der Waals surface area contributed by atoms with Crippen LogP contribution in [0, 0.1) is 5.92 Å². The van der Waals surface area contributed by atoms with Crippen molar-refractivity contribution in [2.45, 2.75) is 19.3 Å². The first-order chi connectivity index (χ1) is 9.79. The van der Waals surface area contributed by atoms with Gasteiger partial charge in [0, 0.05) is 19.7 Å². The molecule has 0 saturated carbocycles. The third-order valence-corrected chi connectivity index (χ3v) is 3.73. The first-order valence-electron chi connectivity index (χ1n) is 7.30. The van der Waals surface area contributed by atoms with Gasteiger partial charge in [-0.05, 0) is 30.7 Å². The second-order valence-corrected chi connectivity index (χ2v) is 5.32. The minimum Gasteiger partial charge on any atom is -0.396 e. The lowest BCUT2D eigenvalue weighted by atomic mass is 9.99. The van der Waals surface area contributed by atoms with Crippen molar-refractivity contribution in [1.29, 1.82) is 0 Å². The zero-order chi connectivity index (χ0) is 14.2. The van der Waals surface area contributed by atoms with Crippen LogP contribution in [0.4, 0.5) is 0 Å². The molecule has 0 bridgehead atoms. The average Bonchev–Trinajstić information content (AvgIpc) is 2.52. The van der Waals surface area contributed by atoms with Crippen LogP contribution in [0.25, 0.3) is 0 Å². The molecule has 0 spiro atoms. The fourth-order valence-electron chi connectivity index (χ4n) is 2.53. The molecule has 0 radical (unpaired) electrons. The Kier molecular flexibility index (Phi) is 6.02. The number of hydrogen-bond donors (Lipinski definition) is 1. The number of likely N-dealkylation sites (tertiary alicyclic amines) is 1. The summed E-state index contributed by atoms with van der Waals surface area (Å²) >= 11 is 0. The summed E-state index contributed by atoms with van der Waals surface area (Å²) in [6, 6.07) is 10.1. The molecule has 20 heavy (non-hydrogen) atoms. The quantitative estimate of drug-likeness (QED) is 0.801. The van der Waals surface area contributed by atoms with Crippen LogP contribution in [0.2, 0.25) is 0 Å². The van der Waals surface area contributed by atoms with Gasteiger partial charge >= 0.3 is 0 Å². The van der Waals surface area contributed by atoms with Gasteiger partial charge in [0.2, 0.25) is 5.91 Å². The highest BCUT2D eigenvalue weighted by Crippen LogP contribution is 2.15. The summed E-state index contributed by atoms with van der Waals surface area (Å²) in [5.74, 6) is 0.272. The smallest absolute Gasteiger partial charge is 0.248 e. The molecule has 1 fully saturated rings. The summed E-state index contributed by atoms with van der Waals surface area (Å²) in [5.41, 5.74) is 1.22. The van der Waals surface area contributed by atoms with Gasteiger partial charge in [0.1, 0.15) is 6.61 Å². The molecule has 1 aliphatic rings. The van der Waals surface area contributed by atoms with Gasteiger partial charge in [0.05, 0.1) is 6.61 Å². The van der Waals surface area contributed by atoms with Gasteiger partial charge in [-0.3, -0.25) is 4.79 Å². The highest BCUT2D eigenvalue weighted by molar-refractivity contribution is 5.77. The van der Waals surface area contributed by atoms with E-state index in [1.165, 1.54) is 5.56 Å². The van der Waals surface area contributed by atoms with Crippen molar-refractivity contribution < 1.29 is 14.6 Å². The zero-order valence-corrected chi connectivity index (χ0v) is 11.8. The zero-order valence-electron chi connectivity index (χ0n) is 11.8. The molecular weight excluding hydrogens is 254 g/mol.